The third-order valence-corrected chi connectivity index (χ3v) is 3.00. The number of rotatable bonds is 6. The van der Waals surface area contributed by atoms with Gasteiger partial charge < -0.3 is 9.84 Å². The van der Waals surface area contributed by atoms with E-state index in [2.05, 4.69) is 15.5 Å². The molecule has 2 heterocycles. The highest BCUT2D eigenvalue weighted by molar-refractivity contribution is 6.05. The molecular formula is C12H18N4O3. The summed E-state index contributed by atoms with van der Waals surface area (Å²) in [6.07, 6.45) is 1.60. The zero-order valence-corrected chi connectivity index (χ0v) is 11.2. The standard InChI is InChI=1S/C12H18N4O3/c1-3-6-16-11(17)7-9(12(16)18)13-5-4-10-14-8(2)19-15-10/h9,13H,3-7H2,1-2H3. The fraction of sp³-hybridized carbons (Fsp3) is 0.667. The zero-order valence-electron chi connectivity index (χ0n) is 11.2. The predicted molar refractivity (Wildman–Crippen MR) is 66.2 cm³/mol. The van der Waals surface area contributed by atoms with E-state index in [4.69, 9.17) is 4.52 Å². The normalized spacial score (nSPS) is 19.5. The van der Waals surface area contributed by atoms with Crippen LogP contribution in [0.4, 0.5) is 0 Å². The second-order valence-electron chi connectivity index (χ2n) is 4.57. The Morgan fingerprint density at radius 2 is 2.26 bits per heavy atom. The maximum atomic E-state index is 11.9. The number of aryl methyl sites for hydroxylation is 1. The maximum absolute atomic E-state index is 11.9. The van der Waals surface area contributed by atoms with E-state index in [1.165, 1.54) is 4.90 Å². The largest absolute Gasteiger partial charge is 0.340 e. The summed E-state index contributed by atoms with van der Waals surface area (Å²) in [5.74, 6) is 0.902. The monoisotopic (exact) mass is 266 g/mol. The number of hydrogen-bond donors (Lipinski definition) is 1. The molecular weight excluding hydrogens is 248 g/mol. The van der Waals surface area contributed by atoms with Crippen LogP contribution in [0.15, 0.2) is 4.52 Å². The zero-order chi connectivity index (χ0) is 13.8. The summed E-state index contributed by atoms with van der Waals surface area (Å²) in [6.45, 7) is 4.72. The molecule has 2 rings (SSSR count). The fourth-order valence-electron chi connectivity index (χ4n) is 2.10. The summed E-state index contributed by atoms with van der Waals surface area (Å²) < 4.78 is 4.86. The molecule has 1 N–H and O–H groups in total. The maximum Gasteiger partial charge on any atom is 0.246 e. The van der Waals surface area contributed by atoms with E-state index in [1.54, 1.807) is 6.92 Å². The van der Waals surface area contributed by atoms with Crippen LogP contribution in [-0.2, 0) is 16.0 Å². The fourth-order valence-corrected chi connectivity index (χ4v) is 2.10. The Hall–Kier alpha value is -1.76. The first-order chi connectivity index (χ1) is 9.11. The lowest BCUT2D eigenvalue weighted by molar-refractivity contribution is -0.138. The molecule has 7 heteroatoms. The second-order valence-corrected chi connectivity index (χ2v) is 4.57. The van der Waals surface area contributed by atoms with Crippen LogP contribution in [0.2, 0.25) is 0 Å². The van der Waals surface area contributed by atoms with E-state index in [0.29, 0.717) is 31.2 Å². The summed E-state index contributed by atoms with van der Waals surface area (Å²) in [4.78, 5) is 29.0. The Morgan fingerprint density at radius 1 is 1.47 bits per heavy atom. The minimum atomic E-state index is -0.410. The number of hydrogen-bond acceptors (Lipinski definition) is 6. The summed E-state index contributed by atoms with van der Waals surface area (Å²) in [6, 6.07) is -0.410. The Labute approximate surface area is 111 Å². The number of likely N-dealkylation sites (tertiary alicyclic amines) is 1. The van der Waals surface area contributed by atoms with E-state index in [9.17, 15) is 9.59 Å². The minimum Gasteiger partial charge on any atom is -0.340 e. The molecule has 1 aromatic rings. The Bertz CT molecular complexity index is 471. The SMILES string of the molecule is CCCN1C(=O)CC(NCCc2noc(C)n2)C1=O. The molecule has 1 fully saturated rings. The minimum absolute atomic E-state index is 0.0974. The van der Waals surface area contributed by atoms with Crippen LogP contribution < -0.4 is 5.32 Å². The molecule has 2 amide bonds. The molecule has 1 aliphatic heterocycles. The van der Waals surface area contributed by atoms with Crippen LogP contribution in [-0.4, -0.2) is 46.0 Å². The molecule has 1 aromatic heterocycles. The van der Waals surface area contributed by atoms with Crippen molar-refractivity contribution in [2.45, 2.75) is 39.2 Å². The van der Waals surface area contributed by atoms with Gasteiger partial charge in [-0.3, -0.25) is 14.5 Å². The van der Waals surface area contributed by atoms with Gasteiger partial charge in [0.1, 0.15) is 0 Å². The highest BCUT2D eigenvalue weighted by atomic mass is 16.5. The number of aromatic nitrogens is 2. The highest BCUT2D eigenvalue weighted by Gasteiger charge is 2.37. The molecule has 104 valence electrons. The Kier molecular flexibility index (Phi) is 4.26. The average molecular weight is 266 g/mol. The van der Waals surface area contributed by atoms with Crippen LogP contribution in [0, 0.1) is 6.92 Å². The van der Waals surface area contributed by atoms with E-state index in [1.807, 2.05) is 6.92 Å². The average Bonchev–Trinajstić information content (AvgIpc) is 2.89. The Balaban J connectivity index is 1.80. The van der Waals surface area contributed by atoms with Gasteiger partial charge in [-0.15, -0.1) is 0 Å². The van der Waals surface area contributed by atoms with Gasteiger partial charge in [0.25, 0.3) is 0 Å². The van der Waals surface area contributed by atoms with Crippen LogP contribution >= 0.6 is 0 Å². The lowest BCUT2D eigenvalue weighted by atomic mass is 10.2. The molecule has 19 heavy (non-hydrogen) atoms. The molecule has 1 unspecified atom stereocenters. The first kappa shape index (κ1) is 13.7. The number of carbonyl (C=O) groups excluding carboxylic acids is 2. The van der Waals surface area contributed by atoms with Gasteiger partial charge in [-0.1, -0.05) is 12.1 Å². The predicted octanol–water partition coefficient (Wildman–Crippen LogP) is 0.0476. The molecule has 0 spiro atoms. The summed E-state index contributed by atoms with van der Waals surface area (Å²) in [5.41, 5.74) is 0. The first-order valence-corrected chi connectivity index (χ1v) is 6.48. The van der Waals surface area contributed by atoms with Crippen molar-refractivity contribution in [1.29, 1.82) is 0 Å². The number of carbonyl (C=O) groups is 2. The van der Waals surface area contributed by atoms with Crippen molar-refractivity contribution in [3.05, 3.63) is 11.7 Å². The number of nitrogens with one attached hydrogen (secondary N) is 1. The summed E-state index contributed by atoms with van der Waals surface area (Å²) in [5, 5.41) is 6.84. The van der Waals surface area contributed by atoms with Crippen LogP contribution in [0.1, 0.15) is 31.5 Å². The van der Waals surface area contributed by atoms with Crippen molar-refractivity contribution in [2.75, 3.05) is 13.1 Å². The van der Waals surface area contributed by atoms with E-state index < -0.39 is 6.04 Å². The van der Waals surface area contributed by atoms with Gasteiger partial charge in [-0.05, 0) is 6.42 Å². The van der Waals surface area contributed by atoms with Crippen molar-refractivity contribution in [3.63, 3.8) is 0 Å². The first-order valence-electron chi connectivity index (χ1n) is 6.48. The smallest absolute Gasteiger partial charge is 0.246 e. The lowest BCUT2D eigenvalue weighted by Gasteiger charge is -2.13. The van der Waals surface area contributed by atoms with Gasteiger partial charge in [0.05, 0.1) is 12.5 Å². The molecule has 0 bridgehead atoms. The quantitative estimate of drug-likeness (QED) is 0.732. The third-order valence-electron chi connectivity index (χ3n) is 3.00. The highest BCUT2D eigenvalue weighted by Crippen LogP contribution is 2.13. The third kappa shape index (κ3) is 3.17. The molecule has 0 aromatic carbocycles. The second kappa shape index (κ2) is 5.92. The van der Waals surface area contributed by atoms with Crippen molar-refractivity contribution in [1.82, 2.24) is 20.4 Å². The van der Waals surface area contributed by atoms with Gasteiger partial charge in [0, 0.05) is 26.4 Å². The molecule has 7 nitrogen and oxygen atoms in total. The molecule has 1 atom stereocenters. The van der Waals surface area contributed by atoms with Gasteiger partial charge in [0.15, 0.2) is 5.82 Å². The Morgan fingerprint density at radius 3 is 2.89 bits per heavy atom. The van der Waals surface area contributed by atoms with Crippen LogP contribution in [0.3, 0.4) is 0 Å². The van der Waals surface area contributed by atoms with Crippen molar-refractivity contribution in [2.24, 2.45) is 0 Å². The van der Waals surface area contributed by atoms with Crippen molar-refractivity contribution in [3.8, 4) is 0 Å². The molecule has 1 saturated heterocycles. The van der Waals surface area contributed by atoms with E-state index in [0.717, 1.165) is 6.42 Å². The van der Waals surface area contributed by atoms with Gasteiger partial charge in [-0.25, -0.2) is 0 Å². The van der Waals surface area contributed by atoms with Crippen molar-refractivity contribution < 1.29 is 14.1 Å². The van der Waals surface area contributed by atoms with Gasteiger partial charge >= 0.3 is 0 Å². The summed E-state index contributed by atoms with van der Waals surface area (Å²) in [7, 11) is 0. The van der Waals surface area contributed by atoms with Gasteiger partial charge in [0.2, 0.25) is 17.7 Å². The topological polar surface area (TPSA) is 88.3 Å². The number of imide groups is 1. The molecule has 0 aliphatic carbocycles. The van der Waals surface area contributed by atoms with E-state index >= 15 is 0 Å². The number of amides is 2. The summed E-state index contributed by atoms with van der Waals surface area (Å²) >= 11 is 0. The molecule has 0 saturated carbocycles. The van der Waals surface area contributed by atoms with Crippen LogP contribution in [0.5, 0.6) is 0 Å². The van der Waals surface area contributed by atoms with Crippen LogP contribution in [0.25, 0.3) is 0 Å². The van der Waals surface area contributed by atoms with Crippen molar-refractivity contribution >= 4 is 11.8 Å². The molecule has 1 aliphatic rings. The molecule has 0 radical (unpaired) electrons. The number of nitrogens with zero attached hydrogens (tertiary/aromatic N) is 3. The lowest BCUT2D eigenvalue weighted by Crippen LogP contribution is -2.39. The van der Waals surface area contributed by atoms with Gasteiger partial charge in [-0.2, -0.15) is 4.98 Å². The van der Waals surface area contributed by atoms with E-state index in [-0.39, 0.29) is 18.2 Å².